The molecule has 0 aliphatic heterocycles. The third-order valence-corrected chi connectivity index (χ3v) is 5.07. The predicted octanol–water partition coefficient (Wildman–Crippen LogP) is 6.22. The van der Waals surface area contributed by atoms with E-state index >= 15 is 0 Å². The number of hydrogen-bond acceptors (Lipinski definition) is 3. The highest BCUT2D eigenvalue weighted by Crippen LogP contribution is 2.10. The van der Waals surface area contributed by atoms with Crippen molar-refractivity contribution in [2.45, 2.75) is 116 Å². The molecule has 154 valence electrons. The Kier molecular flexibility index (Phi) is 18.6. The van der Waals surface area contributed by atoms with E-state index in [0.717, 1.165) is 25.8 Å². The first-order valence-electron chi connectivity index (χ1n) is 11.3. The highest BCUT2D eigenvalue weighted by molar-refractivity contribution is 5.83. The van der Waals surface area contributed by atoms with E-state index in [1.54, 1.807) is 0 Å². The summed E-state index contributed by atoms with van der Waals surface area (Å²) in [5.41, 5.74) is 5.98. The van der Waals surface area contributed by atoms with E-state index in [-0.39, 0.29) is 5.78 Å². The van der Waals surface area contributed by atoms with E-state index in [1.807, 2.05) is 11.9 Å². The maximum absolute atomic E-state index is 12.0. The first-order valence-corrected chi connectivity index (χ1v) is 11.3. The van der Waals surface area contributed by atoms with Crippen molar-refractivity contribution < 1.29 is 4.79 Å². The molecular weight excluding hydrogens is 320 g/mol. The Morgan fingerprint density at radius 3 is 1.85 bits per heavy atom. The van der Waals surface area contributed by atoms with Gasteiger partial charge in [-0.3, -0.25) is 9.69 Å². The zero-order chi connectivity index (χ0) is 19.5. The molecule has 1 atom stereocenters. The highest BCUT2D eigenvalue weighted by atomic mass is 16.1. The first-order chi connectivity index (χ1) is 12.6. The van der Waals surface area contributed by atoms with Crippen molar-refractivity contribution >= 4 is 5.78 Å². The van der Waals surface area contributed by atoms with E-state index in [0.29, 0.717) is 6.42 Å². The molecule has 0 bridgehead atoms. The first kappa shape index (κ1) is 25.3. The van der Waals surface area contributed by atoms with E-state index < -0.39 is 6.17 Å². The van der Waals surface area contributed by atoms with Gasteiger partial charge in [-0.1, -0.05) is 77.4 Å². The molecule has 0 saturated heterocycles. The molecule has 1 unspecified atom stereocenters. The van der Waals surface area contributed by atoms with Gasteiger partial charge in [-0.2, -0.15) is 0 Å². The largest absolute Gasteiger partial charge is 0.309 e. The van der Waals surface area contributed by atoms with Gasteiger partial charge in [-0.25, -0.2) is 0 Å². The number of nitrogens with zero attached hydrogens (tertiary/aromatic N) is 1. The second-order valence-corrected chi connectivity index (χ2v) is 7.73. The molecule has 0 rings (SSSR count). The number of nitrogens with two attached hydrogens (primary N) is 1. The topological polar surface area (TPSA) is 46.3 Å². The molecule has 0 saturated carbocycles. The lowest BCUT2D eigenvalue weighted by molar-refractivity contribution is -0.123. The van der Waals surface area contributed by atoms with Gasteiger partial charge in [0.15, 0.2) is 5.78 Å². The molecule has 0 fully saturated rings. The lowest BCUT2D eigenvalue weighted by Gasteiger charge is -2.22. The third kappa shape index (κ3) is 15.6. The van der Waals surface area contributed by atoms with Crippen LogP contribution in [0, 0.1) is 0 Å². The van der Waals surface area contributed by atoms with Crippen LogP contribution >= 0.6 is 0 Å². The minimum absolute atomic E-state index is 0.193. The van der Waals surface area contributed by atoms with Crippen molar-refractivity contribution in [2.75, 3.05) is 13.6 Å². The number of carbonyl (C=O) groups excluding carboxylic acids is 1. The van der Waals surface area contributed by atoms with Crippen LogP contribution in [0.25, 0.3) is 0 Å². The van der Waals surface area contributed by atoms with Crippen molar-refractivity contribution in [3.8, 4) is 0 Å². The molecule has 0 aromatic rings. The van der Waals surface area contributed by atoms with Crippen LogP contribution in [0.15, 0.2) is 12.2 Å². The summed E-state index contributed by atoms with van der Waals surface area (Å²) in [6, 6.07) is 0. The van der Waals surface area contributed by atoms with Crippen LogP contribution < -0.4 is 5.73 Å². The fourth-order valence-electron chi connectivity index (χ4n) is 3.26. The van der Waals surface area contributed by atoms with Gasteiger partial charge < -0.3 is 5.73 Å². The van der Waals surface area contributed by atoms with Crippen molar-refractivity contribution in [2.24, 2.45) is 5.73 Å². The van der Waals surface area contributed by atoms with E-state index in [9.17, 15) is 4.79 Å². The van der Waals surface area contributed by atoms with Gasteiger partial charge >= 0.3 is 0 Å². The summed E-state index contributed by atoms with van der Waals surface area (Å²) in [5, 5.41) is 0. The van der Waals surface area contributed by atoms with Gasteiger partial charge in [0.05, 0.1) is 0 Å². The standard InChI is InChI=1S/C23H46N2O/c1-4-6-7-8-9-10-11-12-13-14-15-16-17-18-19-20-22(26)23(24)25(3)21-5-2/h12-13,23H,4-11,14-21,24H2,1-3H3/b13-12-. The average molecular weight is 367 g/mol. The molecule has 0 spiro atoms. The molecule has 0 amide bonds. The van der Waals surface area contributed by atoms with Gasteiger partial charge in [-0.15, -0.1) is 0 Å². The Hall–Kier alpha value is -0.670. The fourth-order valence-corrected chi connectivity index (χ4v) is 3.26. The molecule has 0 aliphatic rings. The maximum Gasteiger partial charge on any atom is 0.164 e. The Balaban J connectivity index is 3.38. The van der Waals surface area contributed by atoms with E-state index in [1.165, 1.54) is 70.6 Å². The minimum Gasteiger partial charge on any atom is -0.309 e. The summed E-state index contributed by atoms with van der Waals surface area (Å²) >= 11 is 0. The van der Waals surface area contributed by atoms with Gasteiger partial charge in [0, 0.05) is 6.42 Å². The van der Waals surface area contributed by atoms with Crippen LogP contribution in [0.5, 0.6) is 0 Å². The smallest absolute Gasteiger partial charge is 0.164 e. The van der Waals surface area contributed by atoms with Crippen LogP contribution in [0.3, 0.4) is 0 Å². The molecule has 0 aromatic carbocycles. The lowest BCUT2D eigenvalue weighted by atomic mass is 10.1. The normalized spacial score (nSPS) is 13.0. The molecule has 0 aliphatic carbocycles. The summed E-state index contributed by atoms with van der Waals surface area (Å²) in [6.45, 7) is 5.27. The average Bonchev–Trinajstić information content (AvgIpc) is 2.64. The molecule has 3 heteroatoms. The molecular formula is C23H46N2O. The molecule has 2 N–H and O–H groups in total. The van der Waals surface area contributed by atoms with E-state index in [4.69, 9.17) is 5.73 Å². The third-order valence-electron chi connectivity index (χ3n) is 5.07. The summed E-state index contributed by atoms with van der Waals surface area (Å²) in [7, 11) is 1.94. The van der Waals surface area contributed by atoms with Crippen molar-refractivity contribution in [1.29, 1.82) is 0 Å². The van der Waals surface area contributed by atoms with Gasteiger partial charge in [0.2, 0.25) is 0 Å². The molecule has 0 heterocycles. The summed E-state index contributed by atoms with van der Waals surface area (Å²) in [4.78, 5) is 14.0. The lowest BCUT2D eigenvalue weighted by Crippen LogP contribution is -2.45. The quantitative estimate of drug-likeness (QED) is 0.168. The van der Waals surface area contributed by atoms with Crippen LogP contribution in [0.1, 0.15) is 110 Å². The summed E-state index contributed by atoms with van der Waals surface area (Å²) in [5.74, 6) is 0.193. The van der Waals surface area contributed by atoms with Crippen LogP contribution in [-0.4, -0.2) is 30.4 Å². The molecule has 0 radical (unpaired) electrons. The Morgan fingerprint density at radius 1 is 0.808 bits per heavy atom. The van der Waals surface area contributed by atoms with Crippen molar-refractivity contribution in [3.63, 3.8) is 0 Å². The minimum atomic E-state index is -0.410. The SMILES string of the molecule is CCCCCCCC/C=C\CCCCCCCC(=O)C(N)N(C)CCC. The van der Waals surface area contributed by atoms with Gasteiger partial charge in [0.1, 0.15) is 6.17 Å². The Labute approximate surface area is 163 Å². The second kappa shape index (κ2) is 19.1. The molecule has 26 heavy (non-hydrogen) atoms. The second-order valence-electron chi connectivity index (χ2n) is 7.73. The van der Waals surface area contributed by atoms with Gasteiger partial charge in [0.25, 0.3) is 0 Å². The number of Topliss-reactive ketones (excluding diaryl/α,β-unsaturated/α-hetero) is 1. The number of allylic oxidation sites excluding steroid dienone is 2. The Morgan fingerprint density at radius 2 is 1.31 bits per heavy atom. The predicted molar refractivity (Wildman–Crippen MR) is 115 cm³/mol. The number of likely N-dealkylation sites (N-methyl/N-ethyl adjacent to an activating group) is 1. The van der Waals surface area contributed by atoms with E-state index in [2.05, 4.69) is 26.0 Å². The number of carbonyl (C=O) groups is 1. The highest BCUT2D eigenvalue weighted by Gasteiger charge is 2.16. The molecule has 0 aromatic heterocycles. The number of hydrogen-bond donors (Lipinski definition) is 1. The molecule has 3 nitrogen and oxygen atoms in total. The maximum atomic E-state index is 12.0. The zero-order valence-corrected chi connectivity index (χ0v) is 18.0. The van der Waals surface area contributed by atoms with Crippen molar-refractivity contribution in [1.82, 2.24) is 4.90 Å². The van der Waals surface area contributed by atoms with Crippen LogP contribution in [-0.2, 0) is 4.79 Å². The monoisotopic (exact) mass is 366 g/mol. The summed E-state index contributed by atoms with van der Waals surface area (Å²) < 4.78 is 0. The number of unbranched alkanes of at least 4 members (excludes halogenated alkanes) is 11. The van der Waals surface area contributed by atoms with Crippen LogP contribution in [0.4, 0.5) is 0 Å². The summed E-state index contributed by atoms with van der Waals surface area (Å²) in [6.07, 6.45) is 22.7. The van der Waals surface area contributed by atoms with Gasteiger partial charge in [-0.05, 0) is 52.1 Å². The van der Waals surface area contributed by atoms with Crippen molar-refractivity contribution in [3.05, 3.63) is 12.2 Å². The fraction of sp³-hybridized carbons (Fsp3) is 0.870. The van der Waals surface area contributed by atoms with Crippen LogP contribution in [0.2, 0.25) is 0 Å². The Bertz CT molecular complexity index is 341. The number of ketones is 1. The number of rotatable bonds is 19. The zero-order valence-electron chi connectivity index (χ0n) is 18.0.